The monoisotopic (exact) mass is 376 g/mol. The Labute approximate surface area is 161 Å². The van der Waals surface area contributed by atoms with Crippen LogP contribution in [0.5, 0.6) is 0 Å². The van der Waals surface area contributed by atoms with E-state index in [1.54, 1.807) is 0 Å². The highest BCUT2D eigenvalue weighted by Gasteiger charge is 2.48. The normalized spacial score (nSPS) is 30.3. The van der Waals surface area contributed by atoms with Crippen molar-refractivity contribution in [2.75, 3.05) is 39.5 Å². The molecule has 0 bridgehead atoms. The van der Waals surface area contributed by atoms with Gasteiger partial charge < -0.3 is 19.3 Å². The summed E-state index contributed by atoms with van der Waals surface area (Å²) in [5, 5.41) is 10.3. The van der Waals surface area contributed by atoms with E-state index in [4.69, 9.17) is 4.74 Å². The number of hydrogen-bond donors (Lipinski definition) is 1. The molecule has 1 aromatic rings. The molecule has 3 aliphatic rings. The zero-order valence-electron chi connectivity index (χ0n) is 16.3. The van der Waals surface area contributed by atoms with Crippen LogP contribution in [-0.2, 0) is 23.1 Å². The average Bonchev–Trinajstić information content (AvgIpc) is 3.12. The molecule has 4 heterocycles. The van der Waals surface area contributed by atoms with Crippen LogP contribution in [0.4, 0.5) is 0 Å². The lowest BCUT2D eigenvalue weighted by Crippen LogP contribution is -2.63. The van der Waals surface area contributed by atoms with Crippen molar-refractivity contribution in [3.8, 4) is 0 Å². The lowest BCUT2D eigenvalue weighted by molar-refractivity contribution is -0.148. The lowest BCUT2D eigenvalue weighted by Gasteiger charge is -2.54. The molecular formula is C20H32N4O3. The summed E-state index contributed by atoms with van der Waals surface area (Å²) < 4.78 is 7.48. The highest BCUT2D eigenvalue weighted by molar-refractivity contribution is 5.79. The molecule has 3 fully saturated rings. The quantitative estimate of drug-likeness (QED) is 0.850. The Morgan fingerprint density at radius 1 is 1.33 bits per heavy atom. The second kappa shape index (κ2) is 7.89. The van der Waals surface area contributed by atoms with Crippen LogP contribution >= 0.6 is 0 Å². The first-order valence-corrected chi connectivity index (χ1v) is 10.3. The number of aliphatic hydroxyl groups is 1. The number of amides is 1. The van der Waals surface area contributed by atoms with E-state index in [9.17, 15) is 9.90 Å². The molecule has 7 nitrogen and oxygen atoms in total. The molecule has 0 aliphatic carbocycles. The number of aliphatic hydroxyl groups excluding tert-OH is 1. The topological polar surface area (TPSA) is 70.8 Å². The van der Waals surface area contributed by atoms with Gasteiger partial charge in [-0.15, -0.1) is 0 Å². The molecule has 7 heteroatoms. The SMILES string of the molecule is Cn1ccnc1CN1CCC[C@@]2(CO)CCN(C(=O)C3CCOCC3)C[C@H]12. The van der Waals surface area contributed by atoms with Crippen molar-refractivity contribution in [1.29, 1.82) is 0 Å². The molecule has 0 saturated carbocycles. The Bertz CT molecular complexity index is 657. The van der Waals surface area contributed by atoms with Gasteiger partial charge in [0, 0.05) is 63.1 Å². The van der Waals surface area contributed by atoms with Crippen LogP contribution in [0.25, 0.3) is 0 Å². The van der Waals surface area contributed by atoms with Crippen molar-refractivity contribution in [1.82, 2.24) is 19.4 Å². The highest BCUT2D eigenvalue weighted by atomic mass is 16.5. The Hall–Kier alpha value is -1.44. The van der Waals surface area contributed by atoms with Gasteiger partial charge in [0.1, 0.15) is 5.82 Å². The molecule has 3 saturated heterocycles. The van der Waals surface area contributed by atoms with Crippen molar-refractivity contribution < 1.29 is 14.6 Å². The fourth-order valence-corrected chi connectivity index (χ4v) is 5.19. The van der Waals surface area contributed by atoms with Crippen molar-refractivity contribution in [2.24, 2.45) is 18.4 Å². The van der Waals surface area contributed by atoms with E-state index in [2.05, 4.69) is 19.4 Å². The van der Waals surface area contributed by atoms with E-state index in [0.29, 0.717) is 13.2 Å². The van der Waals surface area contributed by atoms with Crippen molar-refractivity contribution in [3.05, 3.63) is 18.2 Å². The zero-order valence-corrected chi connectivity index (χ0v) is 16.3. The molecule has 150 valence electrons. The molecule has 4 rings (SSSR count). The number of piperidine rings is 2. The first-order valence-electron chi connectivity index (χ1n) is 10.3. The van der Waals surface area contributed by atoms with Gasteiger partial charge in [0.05, 0.1) is 13.2 Å². The first kappa shape index (κ1) is 18.9. The van der Waals surface area contributed by atoms with Gasteiger partial charge in [0.2, 0.25) is 5.91 Å². The minimum Gasteiger partial charge on any atom is -0.396 e. The number of aromatic nitrogens is 2. The van der Waals surface area contributed by atoms with Crippen molar-refractivity contribution in [3.63, 3.8) is 0 Å². The molecule has 1 aromatic heterocycles. The second-order valence-electron chi connectivity index (χ2n) is 8.49. The molecule has 2 atom stereocenters. The number of carbonyl (C=O) groups excluding carboxylic acids is 1. The molecule has 27 heavy (non-hydrogen) atoms. The number of hydrogen-bond acceptors (Lipinski definition) is 5. The minimum atomic E-state index is -0.0874. The van der Waals surface area contributed by atoms with Crippen LogP contribution in [0.3, 0.4) is 0 Å². The number of ether oxygens (including phenoxy) is 1. The summed E-state index contributed by atoms with van der Waals surface area (Å²) in [5.41, 5.74) is -0.0874. The van der Waals surface area contributed by atoms with Crippen LogP contribution in [0.15, 0.2) is 12.4 Å². The van der Waals surface area contributed by atoms with Crippen molar-refractivity contribution >= 4 is 5.91 Å². The van der Waals surface area contributed by atoms with Crippen molar-refractivity contribution in [2.45, 2.75) is 44.7 Å². The van der Waals surface area contributed by atoms with Crippen LogP contribution in [0, 0.1) is 11.3 Å². The standard InChI is InChI=1S/C20H32N4O3/c1-22-10-7-21-18(22)14-23-8-2-5-20(15-25)6-9-24(13-17(20)23)19(26)16-3-11-27-12-4-16/h7,10,16-17,25H,2-6,8-9,11-15H2,1H3/t17-,20-/m0/s1. The summed E-state index contributed by atoms with van der Waals surface area (Å²) in [6, 6.07) is 0.200. The summed E-state index contributed by atoms with van der Waals surface area (Å²) in [7, 11) is 2.02. The number of nitrogens with zero attached hydrogens (tertiary/aromatic N) is 4. The number of imidazole rings is 1. The summed E-state index contributed by atoms with van der Waals surface area (Å²) >= 11 is 0. The van der Waals surface area contributed by atoms with Crippen LogP contribution in [-0.4, -0.2) is 75.9 Å². The molecule has 0 radical (unpaired) electrons. The molecular weight excluding hydrogens is 344 g/mol. The van der Waals surface area contributed by atoms with Gasteiger partial charge in [-0.25, -0.2) is 4.98 Å². The van der Waals surface area contributed by atoms with E-state index in [0.717, 1.165) is 64.1 Å². The Kier molecular flexibility index (Phi) is 5.53. The fraction of sp³-hybridized carbons (Fsp3) is 0.800. The van der Waals surface area contributed by atoms with Gasteiger partial charge in [-0.2, -0.15) is 0 Å². The number of fused-ring (bicyclic) bond motifs is 1. The Balaban J connectivity index is 1.51. The smallest absolute Gasteiger partial charge is 0.225 e. The number of aryl methyl sites for hydroxylation is 1. The number of rotatable bonds is 4. The zero-order chi connectivity index (χ0) is 18.9. The molecule has 1 amide bonds. The molecule has 0 unspecified atom stereocenters. The summed E-state index contributed by atoms with van der Waals surface area (Å²) in [4.78, 5) is 22.1. The van der Waals surface area contributed by atoms with E-state index < -0.39 is 0 Å². The van der Waals surface area contributed by atoms with Gasteiger partial charge in [-0.3, -0.25) is 9.69 Å². The van der Waals surface area contributed by atoms with Gasteiger partial charge in [0.15, 0.2) is 0 Å². The third-order valence-corrected chi connectivity index (χ3v) is 7.00. The second-order valence-corrected chi connectivity index (χ2v) is 8.49. The highest BCUT2D eigenvalue weighted by Crippen LogP contribution is 2.43. The maximum absolute atomic E-state index is 13.1. The average molecular weight is 377 g/mol. The van der Waals surface area contributed by atoms with E-state index in [1.807, 2.05) is 19.4 Å². The number of likely N-dealkylation sites (tertiary alicyclic amines) is 2. The fourth-order valence-electron chi connectivity index (χ4n) is 5.19. The maximum atomic E-state index is 13.1. The van der Waals surface area contributed by atoms with E-state index in [1.165, 1.54) is 0 Å². The van der Waals surface area contributed by atoms with Gasteiger partial charge >= 0.3 is 0 Å². The van der Waals surface area contributed by atoms with Gasteiger partial charge in [0.25, 0.3) is 0 Å². The predicted molar refractivity (Wildman–Crippen MR) is 101 cm³/mol. The Morgan fingerprint density at radius 2 is 2.15 bits per heavy atom. The lowest BCUT2D eigenvalue weighted by atomic mass is 9.68. The summed E-state index contributed by atoms with van der Waals surface area (Å²) in [5.74, 6) is 1.43. The molecule has 0 spiro atoms. The van der Waals surface area contributed by atoms with Gasteiger partial charge in [-0.05, 0) is 38.6 Å². The molecule has 0 aromatic carbocycles. The van der Waals surface area contributed by atoms with Crippen LogP contribution in [0.1, 0.15) is 37.9 Å². The maximum Gasteiger partial charge on any atom is 0.225 e. The third kappa shape index (κ3) is 3.65. The molecule has 1 N–H and O–H groups in total. The number of carbonyl (C=O) groups is 1. The predicted octanol–water partition coefficient (Wildman–Crippen LogP) is 1.02. The van der Waals surface area contributed by atoms with E-state index >= 15 is 0 Å². The van der Waals surface area contributed by atoms with Gasteiger partial charge in [-0.1, -0.05) is 0 Å². The third-order valence-electron chi connectivity index (χ3n) is 7.00. The Morgan fingerprint density at radius 3 is 2.85 bits per heavy atom. The minimum absolute atomic E-state index is 0.0874. The summed E-state index contributed by atoms with van der Waals surface area (Å²) in [6.45, 7) is 4.85. The largest absolute Gasteiger partial charge is 0.396 e. The summed E-state index contributed by atoms with van der Waals surface area (Å²) in [6.07, 6.45) is 8.51. The van der Waals surface area contributed by atoms with Crippen LogP contribution < -0.4 is 0 Å². The van der Waals surface area contributed by atoms with Crippen LogP contribution in [0.2, 0.25) is 0 Å². The first-order chi connectivity index (χ1) is 13.1. The molecule has 3 aliphatic heterocycles. The van der Waals surface area contributed by atoms with E-state index in [-0.39, 0.29) is 29.9 Å².